The number of nitrogens with two attached hydrogens (primary N) is 1. The van der Waals surface area contributed by atoms with Crippen LogP contribution in [-0.2, 0) is 14.4 Å². The Balaban J connectivity index is 3.80. The minimum atomic E-state index is -0.626. The van der Waals surface area contributed by atoms with E-state index in [-0.39, 0.29) is 42.0 Å². The van der Waals surface area contributed by atoms with E-state index in [0.29, 0.717) is 12.3 Å². The van der Waals surface area contributed by atoms with Gasteiger partial charge < -0.3 is 21.7 Å². The molecular formula is C16H32N4O3S. The molecule has 0 bridgehead atoms. The van der Waals surface area contributed by atoms with E-state index in [9.17, 15) is 14.4 Å². The molecular weight excluding hydrogens is 328 g/mol. The monoisotopic (exact) mass is 360 g/mol. The van der Waals surface area contributed by atoms with Crippen molar-refractivity contribution in [2.45, 2.75) is 65.1 Å². The highest BCUT2D eigenvalue weighted by atomic mass is 32.2. The van der Waals surface area contributed by atoms with Crippen LogP contribution in [0.3, 0.4) is 0 Å². The van der Waals surface area contributed by atoms with Crippen molar-refractivity contribution in [2.75, 3.05) is 18.1 Å². The van der Waals surface area contributed by atoms with Gasteiger partial charge in [-0.1, -0.05) is 13.3 Å². The minimum Gasteiger partial charge on any atom is -0.355 e. The average molecular weight is 361 g/mol. The van der Waals surface area contributed by atoms with E-state index in [1.165, 1.54) is 11.8 Å². The predicted molar refractivity (Wildman–Crippen MR) is 98.7 cm³/mol. The standard InChI is InChI=1S/C16H32N4O3S/c1-5-6-12(4)20-16(23)13(17)9-24-10-15(22)18-8-7-14(21)19-11(2)3/h11-13H,5-10,17H2,1-4H3,(H,18,22)(H,19,21)(H,20,23)/t12?,13-/m0/s1. The molecule has 0 aliphatic carbocycles. The van der Waals surface area contributed by atoms with E-state index in [0.717, 1.165) is 12.8 Å². The molecule has 0 spiro atoms. The summed E-state index contributed by atoms with van der Waals surface area (Å²) in [6.45, 7) is 8.08. The van der Waals surface area contributed by atoms with Crippen LogP contribution in [0.5, 0.6) is 0 Å². The molecule has 0 radical (unpaired) electrons. The molecule has 8 heteroatoms. The van der Waals surface area contributed by atoms with Crippen molar-refractivity contribution in [1.82, 2.24) is 16.0 Å². The Hall–Kier alpha value is -1.28. The van der Waals surface area contributed by atoms with E-state index in [2.05, 4.69) is 22.9 Å². The number of rotatable bonds is 12. The van der Waals surface area contributed by atoms with E-state index in [1.807, 2.05) is 20.8 Å². The number of carbonyl (C=O) groups is 3. The van der Waals surface area contributed by atoms with Gasteiger partial charge in [0.15, 0.2) is 0 Å². The van der Waals surface area contributed by atoms with Crippen molar-refractivity contribution >= 4 is 29.5 Å². The van der Waals surface area contributed by atoms with Gasteiger partial charge in [0.25, 0.3) is 0 Å². The van der Waals surface area contributed by atoms with E-state index in [1.54, 1.807) is 0 Å². The zero-order valence-corrected chi connectivity index (χ0v) is 16.0. The maximum atomic E-state index is 11.8. The summed E-state index contributed by atoms with van der Waals surface area (Å²) >= 11 is 1.31. The van der Waals surface area contributed by atoms with Gasteiger partial charge in [-0.2, -0.15) is 0 Å². The first kappa shape index (κ1) is 22.7. The summed E-state index contributed by atoms with van der Waals surface area (Å²) < 4.78 is 0. The molecule has 0 saturated heterocycles. The second-order valence-electron chi connectivity index (χ2n) is 6.14. The van der Waals surface area contributed by atoms with Crippen molar-refractivity contribution in [1.29, 1.82) is 0 Å². The van der Waals surface area contributed by atoms with Crippen molar-refractivity contribution in [3.05, 3.63) is 0 Å². The van der Waals surface area contributed by atoms with Crippen molar-refractivity contribution in [2.24, 2.45) is 5.73 Å². The SMILES string of the molecule is CCCC(C)NC(=O)[C@@H](N)CSCC(=O)NCCC(=O)NC(C)C. The molecule has 2 atom stereocenters. The lowest BCUT2D eigenvalue weighted by molar-refractivity contribution is -0.123. The van der Waals surface area contributed by atoms with Crippen LogP contribution in [0.1, 0.15) is 47.0 Å². The third-order valence-electron chi connectivity index (χ3n) is 3.10. The molecule has 0 aliphatic rings. The van der Waals surface area contributed by atoms with Gasteiger partial charge in [-0.15, -0.1) is 11.8 Å². The first-order valence-corrected chi connectivity index (χ1v) is 9.61. The van der Waals surface area contributed by atoms with Crippen molar-refractivity contribution in [3.8, 4) is 0 Å². The molecule has 0 rings (SSSR count). The molecule has 0 aliphatic heterocycles. The van der Waals surface area contributed by atoms with E-state index >= 15 is 0 Å². The van der Waals surface area contributed by atoms with Gasteiger partial charge in [0.05, 0.1) is 11.8 Å². The third-order valence-corrected chi connectivity index (χ3v) is 4.16. The molecule has 5 N–H and O–H groups in total. The Kier molecular flexibility index (Phi) is 12.4. The van der Waals surface area contributed by atoms with Gasteiger partial charge in [-0.05, 0) is 27.2 Å². The van der Waals surface area contributed by atoms with Gasteiger partial charge in [0, 0.05) is 30.8 Å². The first-order chi connectivity index (χ1) is 11.3. The Bertz CT molecular complexity index is 405. The second-order valence-corrected chi connectivity index (χ2v) is 7.17. The van der Waals surface area contributed by atoms with Crippen LogP contribution in [0.15, 0.2) is 0 Å². The number of thioether (sulfide) groups is 1. The largest absolute Gasteiger partial charge is 0.355 e. The van der Waals surface area contributed by atoms with Crippen LogP contribution >= 0.6 is 11.8 Å². The lowest BCUT2D eigenvalue weighted by atomic mass is 10.2. The van der Waals surface area contributed by atoms with E-state index in [4.69, 9.17) is 5.73 Å². The van der Waals surface area contributed by atoms with Crippen LogP contribution < -0.4 is 21.7 Å². The van der Waals surface area contributed by atoms with E-state index < -0.39 is 6.04 Å². The van der Waals surface area contributed by atoms with Gasteiger partial charge in [0.2, 0.25) is 17.7 Å². The predicted octanol–water partition coefficient (Wildman–Crippen LogP) is 0.383. The summed E-state index contributed by atoms with van der Waals surface area (Å²) in [5.41, 5.74) is 5.82. The fraction of sp³-hybridized carbons (Fsp3) is 0.812. The van der Waals surface area contributed by atoms with Gasteiger partial charge in [-0.25, -0.2) is 0 Å². The molecule has 7 nitrogen and oxygen atoms in total. The summed E-state index contributed by atoms with van der Waals surface area (Å²) in [5.74, 6) is 0.167. The minimum absolute atomic E-state index is 0.0853. The van der Waals surface area contributed by atoms with Crippen LogP contribution in [0.2, 0.25) is 0 Å². The highest BCUT2D eigenvalue weighted by molar-refractivity contribution is 8.00. The summed E-state index contributed by atoms with van der Waals surface area (Å²) in [4.78, 5) is 34.9. The quantitative estimate of drug-likeness (QED) is 0.402. The van der Waals surface area contributed by atoms with Crippen molar-refractivity contribution in [3.63, 3.8) is 0 Å². The van der Waals surface area contributed by atoms with Crippen LogP contribution in [0.25, 0.3) is 0 Å². The van der Waals surface area contributed by atoms with Gasteiger partial charge in [-0.3, -0.25) is 14.4 Å². The molecule has 0 saturated carbocycles. The summed E-state index contributed by atoms with van der Waals surface area (Å²) in [7, 11) is 0. The zero-order chi connectivity index (χ0) is 18.5. The molecule has 0 aromatic rings. The third kappa shape index (κ3) is 12.2. The van der Waals surface area contributed by atoms with Crippen molar-refractivity contribution < 1.29 is 14.4 Å². The Morgan fingerprint density at radius 1 is 1.08 bits per heavy atom. The Morgan fingerprint density at radius 3 is 2.33 bits per heavy atom. The molecule has 0 heterocycles. The average Bonchev–Trinajstić information content (AvgIpc) is 2.46. The smallest absolute Gasteiger partial charge is 0.237 e. The summed E-state index contributed by atoms with van der Waals surface area (Å²) in [6, 6.07) is -0.422. The number of nitrogens with one attached hydrogen (secondary N) is 3. The molecule has 0 fully saturated rings. The molecule has 3 amide bonds. The molecule has 0 aromatic carbocycles. The summed E-state index contributed by atoms with van der Waals surface area (Å²) in [5, 5.41) is 8.29. The number of amides is 3. The number of carbonyl (C=O) groups excluding carboxylic acids is 3. The second kappa shape index (κ2) is 13.1. The van der Waals surface area contributed by atoms with Crippen LogP contribution in [-0.4, -0.2) is 53.9 Å². The highest BCUT2D eigenvalue weighted by Crippen LogP contribution is 2.03. The zero-order valence-electron chi connectivity index (χ0n) is 15.2. The topological polar surface area (TPSA) is 113 Å². The van der Waals surface area contributed by atoms with Gasteiger partial charge in [0.1, 0.15) is 0 Å². The maximum absolute atomic E-state index is 11.8. The number of hydrogen-bond acceptors (Lipinski definition) is 5. The highest BCUT2D eigenvalue weighted by Gasteiger charge is 2.16. The molecule has 24 heavy (non-hydrogen) atoms. The summed E-state index contributed by atoms with van der Waals surface area (Å²) in [6.07, 6.45) is 2.17. The van der Waals surface area contributed by atoms with Crippen LogP contribution in [0.4, 0.5) is 0 Å². The fourth-order valence-corrected chi connectivity index (χ4v) is 2.78. The Labute approximate surface area is 149 Å². The lowest BCUT2D eigenvalue weighted by Gasteiger charge is -2.16. The molecule has 1 unspecified atom stereocenters. The molecule has 0 aromatic heterocycles. The lowest BCUT2D eigenvalue weighted by Crippen LogP contribution is -2.45. The van der Waals surface area contributed by atoms with Crippen LogP contribution in [0, 0.1) is 0 Å². The number of hydrogen-bond donors (Lipinski definition) is 4. The Morgan fingerprint density at radius 2 is 1.75 bits per heavy atom. The fourth-order valence-electron chi connectivity index (χ4n) is 1.97. The molecule has 140 valence electrons. The normalized spacial score (nSPS) is 13.2. The maximum Gasteiger partial charge on any atom is 0.237 e. The first-order valence-electron chi connectivity index (χ1n) is 8.46. The van der Waals surface area contributed by atoms with Gasteiger partial charge >= 0.3 is 0 Å².